The van der Waals surface area contributed by atoms with Crippen molar-refractivity contribution in [1.82, 2.24) is 4.90 Å². The summed E-state index contributed by atoms with van der Waals surface area (Å²) in [6.07, 6.45) is 2.13. The maximum absolute atomic E-state index is 12.2. The molecule has 0 aliphatic carbocycles. The minimum Gasteiger partial charge on any atom is -0.294 e. The Balaban J connectivity index is 2.75. The number of halogens is 1. The highest BCUT2D eigenvalue weighted by molar-refractivity contribution is 7.18. The van der Waals surface area contributed by atoms with Gasteiger partial charge in [0.1, 0.15) is 0 Å². The third kappa shape index (κ3) is 3.54. The molecule has 0 aromatic carbocycles. The number of Topliss-reactive ketones (excluding diaryl/α,β-unsaturated/α-hetero) is 1. The van der Waals surface area contributed by atoms with E-state index in [2.05, 4.69) is 18.7 Å². The van der Waals surface area contributed by atoms with E-state index in [0.717, 1.165) is 17.7 Å². The van der Waals surface area contributed by atoms with E-state index in [-0.39, 0.29) is 11.8 Å². The maximum atomic E-state index is 12.2. The highest BCUT2D eigenvalue weighted by Gasteiger charge is 2.24. The van der Waals surface area contributed by atoms with Gasteiger partial charge in [-0.2, -0.15) is 0 Å². The molecule has 0 saturated heterocycles. The second-order valence-electron chi connectivity index (χ2n) is 4.28. The number of thiophene rings is 1. The predicted molar refractivity (Wildman–Crippen MR) is 75.3 cm³/mol. The molecule has 0 aliphatic heterocycles. The van der Waals surface area contributed by atoms with Crippen LogP contribution in [0.4, 0.5) is 0 Å². The Hall–Kier alpha value is -0.380. The third-order valence-corrected chi connectivity index (χ3v) is 4.57. The number of likely N-dealkylation sites (N-methyl/N-ethyl adjacent to an activating group) is 1. The standard InChI is InChI=1S/C13H20ClNOS/c1-5-10(6-2)15(4)9(3)13(16)11-7-8-12(14)17-11/h7-10H,5-6H2,1-4H3. The Bertz CT molecular complexity index is 373. The van der Waals surface area contributed by atoms with Gasteiger partial charge in [0.2, 0.25) is 0 Å². The molecule has 96 valence electrons. The SMILES string of the molecule is CCC(CC)N(C)C(C)C(=O)c1ccc(Cl)s1. The van der Waals surface area contributed by atoms with E-state index in [0.29, 0.717) is 10.4 Å². The molecular weight excluding hydrogens is 254 g/mol. The lowest BCUT2D eigenvalue weighted by Crippen LogP contribution is -2.42. The summed E-state index contributed by atoms with van der Waals surface area (Å²) in [5, 5.41) is 0. The van der Waals surface area contributed by atoms with Crippen LogP contribution in [0.25, 0.3) is 0 Å². The molecule has 1 atom stereocenters. The lowest BCUT2D eigenvalue weighted by atomic mass is 10.1. The number of nitrogens with zero attached hydrogens (tertiary/aromatic N) is 1. The Kier molecular flexibility index (Phi) is 5.63. The molecular formula is C13H20ClNOS. The zero-order chi connectivity index (χ0) is 13.0. The summed E-state index contributed by atoms with van der Waals surface area (Å²) in [6.45, 7) is 6.28. The van der Waals surface area contributed by atoms with Gasteiger partial charge in [-0.1, -0.05) is 25.4 Å². The average Bonchev–Trinajstić information content (AvgIpc) is 2.75. The zero-order valence-electron chi connectivity index (χ0n) is 10.9. The smallest absolute Gasteiger partial charge is 0.189 e. The van der Waals surface area contributed by atoms with Gasteiger partial charge in [-0.05, 0) is 38.9 Å². The molecule has 1 rings (SSSR count). The molecule has 0 spiro atoms. The van der Waals surface area contributed by atoms with E-state index in [4.69, 9.17) is 11.6 Å². The van der Waals surface area contributed by atoms with Crippen LogP contribution in [0.2, 0.25) is 4.34 Å². The lowest BCUT2D eigenvalue weighted by molar-refractivity contribution is 0.0812. The summed E-state index contributed by atoms with van der Waals surface area (Å²) in [6, 6.07) is 3.97. The molecule has 0 radical (unpaired) electrons. The van der Waals surface area contributed by atoms with Crippen LogP contribution in [-0.4, -0.2) is 29.8 Å². The van der Waals surface area contributed by atoms with Crippen molar-refractivity contribution in [2.45, 2.75) is 45.7 Å². The summed E-state index contributed by atoms with van der Waals surface area (Å²) in [5.74, 6) is 0.163. The van der Waals surface area contributed by atoms with Crippen molar-refractivity contribution in [3.8, 4) is 0 Å². The first-order valence-electron chi connectivity index (χ1n) is 6.02. The van der Waals surface area contributed by atoms with Crippen LogP contribution in [0.1, 0.15) is 43.3 Å². The summed E-state index contributed by atoms with van der Waals surface area (Å²) in [7, 11) is 2.02. The van der Waals surface area contributed by atoms with Crippen LogP contribution in [-0.2, 0) is 0 Å². The Morgan fingerprint density at radius 2 is 2.00 bits per heavy atom. The minimum absolute atomic E-state index is 0.0883. The first-order chi connectivity index (χ1) is 8.01. The number of ketones is 1. The molecule has 0 saturated carbocycles. The number of carbonyl (C=O) groups excluding carboxylic acids is 1. The van der Waals surface area contributed by atoms with Crippen LogP contribution < -0.4 is 0 Å². The van der Waals surface area contributed by atoms with Gasteiger partial charge < -0.3 is 0 Å². The van der Waals surface area contributed by atoms with Crippen molar-refractivity contribution in [2.24, 2.45) is 0 Å². The first-order valence-corrected chi connectivity index (χ1v) is 7.22. The molecule has 1 heterocycles. The largest absolute Gasteiger partial charge is 0.294 e. The van der Waals surface area contributed by atoms with Crippen molar-refractivity contribution in [1.29, 1.82) is 0 Å². The summed E-state index contributed by atoms with van der Waals surface area (Å²) < 4.78 is 0.672. The molecule has 0 aliphatic rings. The van der Waals surface area contributed by atoms with Gasteiger partial charge in [-0.25, -0.2) is 0 Å². The van der Waals surface area contributed by atoms with E-state index in [1.165, 1.54) is 11.3 Å². The number of rotatable bonds is 6. The predicted octanol–water partition coefficient (Wildman–Crippen LogP) is 4.09. The normalized spacial score (nSPS) is 13.4. The topological polar surface area (TPSA) is 20.3 Å². The van der Waals surface area contributed by atoms with Gasteiger partial charge in [0.05, 0.1) is 15.3 Å². The Morgan fingerprint density at radius 3 is 2.41 bits per heavy atom. The molecule has 0 N–H and O–H groups in total. The monoisotopic (exact) mass is 273 g/mol. The maximum Gasteiger partial charge on any atom is 0.189 e. The second kappa shape index (κ2) is 6.53. The third-order valence-electron chi connectivity index (χ3n) is 3.32. The van der Waals surface area contributed by atoms with Gasteiger partial charge >= 0.3 is 0 Å². The van der Waals surface area contributed by atoms with Crippen molar-refractivity contribution < 1.29 is 4.79 Å². The summed E-state index contributed by atoms with van der Waals surface area (Å²) >= 11 is 7.22. The zero-order valence-corrected chi connectivity index (χ0v) is 12.4. The molecule has 4 heteroatoms. The van der Waals surface area contributed by atoms with E-state index < -0.39 is 0 Å². The van der Waals surface area contributed by atoms with Gasteiger partial charge in [0.25, 0.3) is 0 Å². The lowest BCUT2D eigenvalue weighted by Gasteiger charge is -2.30. The number of hydrogen-bond donors (Lipinski definition) is 0. The van der Waals surface area contributed by atoms with Gasteiger partial charge in [0, 0.05) is 6.04 Å². The highest BCUT2D eigenvalue weighted by Crippen LogP contribution is 2.24. The van der Waals surface area contributed by atoms with Crippen LogP contribution in [0.15, 0.2) is 12.1 Å². The van der Waals surface area contributed by atoms with E-state index in [9.17, 15) is 4.79 Å². The van der Waals surface area contributed by atoms with Gasteiger partial charge in [0.15, 0.2) is 5.78 Å². The van der Waals surface area contributed by atoms with Crippen molar-refractivity contribution in [2.75, 3.05) is 7.05 Å². The quantitative estimate of drug-likeness (QED) is 0.728. The van der Waals surface area contributed by atoms with Crippen LogP contribution >= 0.6 is 22.9 Å². The second-order valence-corrected chi connectivity index (χ2v) is 5.99. The van der Waals surface area contributed by atoms with E-state index in [1.54, 1.807) is 6.07 Å². The average molecular weight is 274 g/mol. The Labute approximate surface area is 113 Å². The molecule has 1 aromatic rings. The van der Waals surface area contributed by atoms with E-state index in [1.807, 2.05) is 20.0 Å². The molecule has 0 fully saturated rings. The molecule has 0 bridgehead atoms. The fourth-order valence-electron chi connectivity index (χ4n) is 2.02. The molecule has 0 amide bonds. The number of carbonyl (C=O) groups is 1. The number of hydrogen-bond acceptors (Lipinski definition) is 3. The highest BCUT2D eigenvalue weighted by atomic mass is 35.5. The van der Waals surface area contributed by atoms with Crippen molar-refractivity contribution in [3.63, 3.8) is 0 Å². The van der Waals surface area contributed by atoms with Crippen molar-refractivity contribution in [3.05, 3.63) is 21.3 Å². The fraction of sp³-hybridized carbons (Fsp3) is 0.615. The summed E-state index contributed by atoms with van der Waals surface area (Å²) in [5.41, 5.74) is 0. The molecule has 2 nitrogen and oxygen atoms in total. The van der Waals surface area contributed by atoms with Crippen molar-refractivity contribution >= 4 is 28.7 Å². The fourth-order valence-corrected chi connectivity index (χ4v) is 3.08. The van der Waals surface area contributed by atoms with Crippen LogP contribution in [0, 0.1) is 0 Å². The first kappa shape index (κ1) is 14.7. The van der Waals surface area contributed by atoms with Gasteiger partial charge in [-0.3, -0.25) is 9.69 Å². The van der Waals surface area contributed by atoms with Crippen LogP contribution in [0.3, 0.4) is 0 Å². The van der Waals surface area contributed by atoms with E-state index >= 15 is 0 Å². The van der Waals surface area contributed by atoms with Gasteiger partial charge in [-0.15, -0.1) is 11.3 Å². The molecule has 1 unspecified atom stereocenters. The Morgan fingerprint density at radius 1 is 1.41 bits per heavy atom. The molecule has 17 heavy (non-hydrogen) atoms. The minimum atomic E-state index is -0.0883. The summed E-state index contributed by atoms with van der Waals surface area (Å²) in [4.78, 5) is 15.2. The molecule has 1 aromatic heterocycles. The van der Waals surface area contributed by atoms with Crippen LogP contribution in [0.5, 0.6) is 0 Å².